The second kappa shape index (κ2) is 5.43. The van der Waals surface area contributed by atoms with Crippen LogP contribution >= 0.6 is 23.2 Å². The smallest absolute Gasteiger partial charge is 0.196 e. The Morgan fingerprint density at radius 1 is 1.10 bits per heavy atom. The quantitative estimate of drug-likeness (QED) is 0.710. The molecule has 0 aliphatic heterocycles. The van der Waals surface area contributed by atoms with Gasteiger partial charge >= 0.3 is 0 Å². The molecule has 21 heavy (non-hydrogen) atoms. The highest BCUT2D eigenvalue weighted by Gasteiger charge is 2.20. The maximum atomic E-state index is 12.7. The molecule has 0 unspecified atom stereocenters. The van der Waals surface area contributed by atoms with E-state index in [1.54, 1.807) is 31.5 Å². The van der Waals surface area contributed by atoms with Gasteiger partial charge in [0.25, 0.3) is 0 Å². The molecule has 0 saturated heterocycles. The zero-order valence-electron chi connectivity index (χ0n) is 11.1. The van der Waals surface area contributed by atoms with E-state index in [0.29, 0.717) is 21.9 Å². The molecule has 0 saturated carbocycles. The van der Waals surface area contributed by atoms with Crippen molar-refractivity contribution in [2.45, 2.75) is 0 Å². The Labute approximate surface area is 131 Å². The largest absolute Gasteiger partial charge is 0.496 e. The third-order valence-corrected chi connectivity index (χ3v) is 4.15. The molecule has 0 amide bonds. The molecule has 3 aromatic rings. The van der Waals surface area contributed by atoms with Gasteiger partial charge in [-0.25, -0.2) is 0 Å². The highest BCUT2D eigenvalue weighted by Crippen LogP contribution is 2.33. The summed E-state index contributed by atoms with van der Waals surface area (Å²) in [5.41, 5.74) is 1.71. The number of benzene rings is 2. The van der Waals surface area contributed by atoms with Crippen LogP contribution in [0.1, 0.15) is 15.9 Å². The van der Waals surface area contributed by atoms with Crippen molar-refractivity contribution >= 4 is 39.9 Å². The molecule has 0 radical (unpaired) electrons. The lowest BCUT2D eigenvalue weighted by Crippen LogP contribution is -2.02. The van der Waals surface area contributed by atoms with Crippen molar-refractivity contribution in [1.29, 1.82) is 0 Å². The maximum absolute atomic E-state index is 12.7. The van der Waals surface area contributed by atoms with Gasteiger partial charge in [0.1, 0.15) is 5.75 Å². The monoisotopic (exact) mass is 319 g/mol. The lowest BCUT2D eigenvalue weighted by Gasteiger charge is -2.06. The summed E-state index contributed by atoms with van der Waals surface area (Å²) in [4.78, 5) is 15.8. The molecule has 0 spiro atoms. The van der Waals surface area contributed by atoms with Crippen LogP contribution in [-0.4, -0.2) is 17.9 Å². The molecule has 0 fully saturated rings. The third-order valence-electron chi connectivity index (χ3n) is 3.33. The highest BCUT2D eigenvalue weighted by molar-refractivity contribution is 6.44. The number of halogens is 2. The first-order valence-electron chi connectivity index (χ1n) is 6.26. The normalized spacial score (nSPS) is 10.8. The standard InChI is InChI=1S/C16H11Cl2NO2/c1-21-13-7-3-6-12-14(13)10(8-19-12)16(20)9-4-2-5-11(17)15(9)18/h2-8,19H,1H3. The van der Waals surface area contributed by atoms with Gasteiger partial charge in [0.2, 0.25) is 0 Å². The molecule has 0 aliphatic rings. The molecule has 0 aliphatic carbocycles. The summed E-state index contributed by atoms with van der Waals surface area (Å²) in [7, 11) is 1.57. The number of hydrogen-bond donors (Lipinski definition) is 1. The van der Waals surface area contributed by atoms with Crippen molar-refractivity contribution in [2.24, 2.45) is 0 Å². The SMILES string of the molecule is COc1cccc2[nH]cc(C(=O)c3cccc(Cl)c3Cl)c12. The van der Waals surface area contributed by atoms with Crippen molar-refractivity contribution in [1.82, 2.24) is 4.98 Å². The molecule has 1 aromatic heterocycles. The van der Waals surface area contributed by atoms with Crippen LogP contribution in [0.5, 0.6) is 5.75 Å². The Kier molecular flexibility index (Phi) is 3.62. The van der Waals surface area contributed by atoms with E-state index in [1.807, 2.05) is 18.2 Å². The minimum Gasteiger partial charge on any atom is -0.496 e. The van der Waals surface area contributed by atoms with E-state index in [9.17, 15) is 4.79 Å². The molecule has 0 atom stereocenters. The van der Waals surface area contributed by atoms with E-state index in [-0.39, 0.29) is 10.8 Å². The van der Waals surface area contributed by atoms with Gasteiger partial charge in [0.15, 0.2) is 5.78 Å². The van der Waals surface area contributed by atoms with Gasteiger partial charge in [-0.05, 0) is 24.3 Å². The van der Waals surface area contributed by atoms with Crippen LogP contribution in [0.2, 0.25) is 10.0 Å². The van der Waals surface area contributed by atoms with Crippen LogP contribution in [0.25, 0.3) is 10.9 Å². The topological polar surface area (TPSA) is 42.1 Å². The van der Waals surface area contributed by atoms with Gasteiger partial charge in [-0.1, -0.05) is 35.3 Å². The number of hydrogen-bond acceptors (Lipinski definition) is 2. The summed E-state index contributed by atoms with van der Waals surface area (Å²) in [5.74, 6) is 0.438. The van der Waals surface area contributed by atoms with Crippen molar-refractivity contribution < 1.29 is 9.53 Å². The Bertz CT molecular complexity index is 839. The summed E-state index contributed by atoms with van der Waals surface area (Å²) in [6.45, 7) is 0. The van der Waals surface area contributed by atoms with E-state index in [4.69, 9.17) is 27.9 Å². The summed E-state index contributed by atoms with van der Waals surface area (Å²) in [6.07, 6.45) is 1.66. The molecule has 0 bridgehead atoms. The molecular formula is C16H11Cl2NO2. The summed E-state index contributed by atoms with van der Waals surface area (Å²) in [6, 6.07) is 10.6. The number of rotatable bonds is 3. The number of carbonyl (C=O) groups excluding carboxylic acids is 1. The molecule has 106 valence electrons. The lowest BCUT2D eigenvalue weighted by molar-refractivity contribution is 0.104. The average Bonchev–Trinajstić information content (AvgIpc) is 2.93. The summed E-state index contributed by atoms with van der Waals surface area (Å²) < 4.78 is 5.34. The first-order valence-corrected chi connectivity index (χ1v) is 7.02. The van der Waals surface area contributed by atoms with Crippen LogP contribution < -0.4 is 4.74 Å². The predicted octanol–water partition coefficient (Wildman–Crippen LogP) is 4.71. The fourth-order valence-corrected chi connectivity index (χ4v) is 2.71. The van der Waals surface area contributed by atoms with Gasteiger partial charge in [-0.15, -0.1) is 0 Å². The molecule has 5 heteroatoms. The van der Waals surface area contributed by atoms with Crippen molar-refractivity contribution in [3.8, 4) is 5.75 Å². The summed E-state index contributed by atoms with van der Waals surface area (Å²) in [5, 5.41) is 1.35. The Balaban J connectivity index is 2.21. The van der Waals surface area contributed by atoms with E-state index in [2.05, 4.69) is 4.98 Å². The van der Waals surface area contributed by atoms with E-state index >= 15 is 0 Å². The van der Waals surface area contributed by atoms with Gasteiger partial charge in [0, 0.05) is 17.3 Å². The minimum absolute atomic E-state index is 0.196. The van der Waals surface area contributed by atoms with Gasteiger partial charge < -0.3 is 9.72 Å². The third kappa shape index (κ3) is 2.28. The number of aromatic nitrogens is 1. The van der Waals surface area contributed by atoms with Crippen molar-refractivity contribution in [3.05, 3.63) is 63.8 Å². The number of carbonyl (C=O) groups is 1. The number of methoxy groups -OCH3 is 1. The van der Waals surface area contributed by atoms with Gasteiger partial charge in [-0.2, -0.15) is 0 Å². The minimum atomic E-state index is -0.196. The maximum Gasteiger partial charge on any atom is 0.196 e. The van der Waals surface area contributed by atoms with Crippen LogP contribution in [0.15, 0.2) is 42.6 Å². The molecule has 2 aromatic carbocycles. The zero-order chi connectivity index (χ0) is 15.0. The van der Waals surface area contributed by atoms with Gasteiger partial charge in [0.05, 0.1) is 28.1 Å². The predicted molar refractivity (Wildman–Crippen MR) is 84.7 cm³/mol. The number of aromatic amines is 1. The number of H-pyrrole nitrogens is 1. The molecule has 3 rings (SSSR count). The van der Waals surface area contributed by atoms with Crippen molar-refractivity contribution in [2.75, 3.05) is 7.11 Å². The highest BCUT2D eigenvalue weighted by atomic mass is 35.5. The molecular weight excluding hydrogens is 309 g/mol. The number of nitrogens with one attached hydrogen (secondary N) is 1. The fourth-order valence-electron chi connectivity index (χ4n) is 2.32. The molecule has 1 N–H and O–H groups in total. The fraction of sp³-hybridized carbons (Fsp3) is 0.0625. The van der Waals surface area contributed by atoms with Crippen molar-refractivity contribution in [3.63, 3.8) is 0 Å². The Morgan fingerprint density at radius 3 is 2.62 bits per heavy atom. The second-order valence-corrected chi connectivity index (χ2v) is 5.30. The molecule has 1 heterocycles. The number of ketones is 1. The Morgan fingerprint density at radius 2 is 1.86 bits per heavy atom. The molecule has 3 nitrogen and oxygen atoms in total. The lowest BCUT2D eigenvalue weighted by atomic mass is 10.0. The van der Waals surface area contributed by atoms with E-state index in [1.165, 1.54) is 0 Å². The summed E-state index contributed by atoms with van der Waals surface area (Å²) >= 11 is 12.1. The van der Waals surface area contributed by atoms with Crippen LogP contribution in [0, 0.1) is 0 Å². The van der Waals surface area contributed by atoms with Crippen LogP contribution in [0.3, 0.4) is 0 Å². The van der Waals surface area contributed by atoms with Crippen LogP contribution in [-0.2, 0) is 0 Å². The first kappa shape index (κ1) is 14.0. The second-order valence-electron chi connectivity index (χ2n) is 4.52. The average molecular weight is 320 g/mol. The zero-order valence-corrected chi connectivity index (χ0v) is 12.6. The number of fused-ring (bicyclic) bond motifs is 1. The Hall–Kier alpha value is -1.97. The first-order chi connectivity index (χ1) is 10.1. The van der Waals surface area contributed by atoms with Gasteiger partial charge in [-0.3, -0.25) is 4.79 Å². The van der Waals surface area contributed by atoms with E-state index < -0.39 is 0 Å². The van der Waals surface area contributed by atoms with Crippen LogP contribution in [0.4, 0.5) is 0 Å². The van der Waals surface area contributed by atoms with E-state index in [0.717, 1.165) is 10.9 Å². The number of ether oxygens (including phenoxy) is 1.